The fourth-order valence-corrected chi connectivity index (χ4v) is 1.92. The fourth-order valence-electron chi connectivity index (χ4n) is 1.92. The van der Waals surface area contributed by atoms with Gasteiger partial charge in [-0.3, -0.25) is 0 Å². The predicted octanol–water partition coefficient (Wildman–Crippen LogP) is -1.76. The minimum absolute atomic E-state index is 0. The van der Waals surface area contributed by atoms with Gasteiger partial charge < -0.3 is 17.3 Å². The van der Waals surface area contributed by atoms with Gasteiger partial charge in [-0.15, -0.1) is 0 Å². The Balaban J connectivity index is 0.00000128. The summed E-state index contributed by atoms with van der Waals surface area (Å²) in [6.45, 7) is 3.41. The van der Waals surface area contributed by atoms with Crippen LogP contribution in [0.15, 0.2) is 24.3 Å². The molecule has 0 aliphatic carbocycles. The van der Waals surface area contributed by atoms with Gasteiger partial charge in [-0.2, -0.15) is 0 Å². The van der Waals surface area contributed by atoms with Crippen molar-refractivity contribution in [1.82, 2.24) is 4.90 Å². The van der Waals surface area contributed by atoms with Crippen LogP contribution in [0.3, 0.4) is 0 Å². The molecule has 88 valence electrons. The molecule has 0 atom stereocenters. The highest BCUT2D eigenvalue weighted by Gasteiger charge is 2.14. The van der Waals surface area contributed by atoms with Crippen LogP contribution in [0.1, 0.15) is 11.1 Å². The van der Waals surface area contributed by atoms with Crippen LogP contribution >= 0.6 is 0 Å². The van der Waals surface area contributed by atoms with Crippen molar-refractivity contribution in [3.05, 3.63) is 35.4 Å². The van der Waals surface area contributed by atoms with Gasteiger partial charge in [0.2, 0.25) is 0 Å². The monoisotopic (exact) mass is 238 g/mol. The van der Waals surface area contributed by atoms with E-state index in [0.29, 0.717) is 0 Å². The quantitative estimate of drug-likeness (QED) is 0.566. The van der Waals surface area contributed by atoms with Crippen LogP contribution in [0.5, 0.6) is 0 Å². The summed E-state index contributed by atoms with van der Waals surface area (Å²) in [5, 5.41) is 0. The summed E-state index contributed by atoms with van der Waals surface area (Å²) in [5.74, 6) is 0. The summed E-state index contributed by atoms with van der Waals surface area (Å²) in [6.07, 6.45) is 3.47. The molecule has 0 saturated carbocycles. The van der Waals surface area contributed by atoms with Gasteiger partial charge in [0.1, 0.15) is 6.54 Å². The molecule has 2 rings (SSSR count). The number of halogens is 1. The Bertz CT molecular complexity index is 372. The lowest BCUT2D eigenvalue weighted by Crippen LogP contribution is -3.00. The second-order valence-corrected chi connectivity index (χ2v) is 4.42. The summed E-state index contributed by atoms with van der Waals surface area (Å²) in [7, 11) is 4.25. The van der Waals surface area contributed by atoms with Crippen molar-refractivity contribution in [2.24, 2.45) is 0 Å². The zero-order chi connectivity index (χ0) is 10.7. The first-order chi connectivity index (χ1) is 7.25. The third kappa shape index (κ3) is 3.32. The number of hydrogen-bond acceptors (Lipinski definition) is 1. The minimum Gasteiger partial charge on any atom is -1.00 e. The van der Waals surface area contributed by atoms with Gasteiger partial charge in [0.25, 0.3) is 0 Å². The van der Waals surface area contributed by atoms with Crippen LogP contribution in [0, 0.1) is 0 Å². The maximum absolute atomic E-state index is 2.42. The Kier molecular flexibility index (Phi) is 4.97. The van der Waals surface area contributed by atoms with Crippen molar-refractivity contribution in [2.75, 3.05) is 33.7 Å². The number of likely N-dealkylation sites (N-methyl/N-ethyl adjacent to an activating group) is 1. The van der Waals surface area contributed by atoms with Crippen LogP contribution in [-0.4, -0.2) is 49.4 Å². The molecule has 0 radical (unpaired) electrons. The normalized spacial score (nSPS) is 14.1. The molecule has 3 heteroatoms. The highest BCUT2D eigenvalue weighted by atomic mass is 35.5. The SMILES string of the molecule is CN(C)CC[N+]1=Cc2ccccc2CC1.[Cl-]. The first-order valence-electron chi connectivity index (χ1n) is 5.57. The second-order valence-electron chi connectivity index (χ2n) is 4.42. The van der Waals surface area contributed by atoms with Crippen molar-refractivity contribution in [3.8, 4) is 0 Å². The number of nitrogens with zero attached hydrogens (tertiary/aromatic N) is 2. The molecule has 0 unspecified atom stereocenters. The van der Waals surface area contributed by atoms with Crippen LogP contribution in [0.4, 0.5) is 0 Å². The lowest BCUT2D eigenvalue weighted by atomic mass is 10.0. The smallest absolute Gasteiger partial charge is 0.171 e. The average Bonchev–Trinajstić information content (AvgIpc) is 2.26. The van der Waals surface area contributed by atoms with Gasteiger partial charge in [-0.25, -0.2) is 4.58 Å². The van der Waals surface area contributed by atoms with E-state index >= 15 is 0 Å². The molecular weight excluding hydrogens is 220 g/mol. The molecular formula is C13H19ClN2. The second kappa shape index (κ2) is 6.02. The van der Waals surface area contributed by atoms with E-state index in [2.05, 4.69) is 54.1 Å². The highest BCUT2D eigenvalue weighted by molar-refractivity contribution is 5.78. The van der Waals surface area contributed by atoms with E-state index in [1.165, 1.54) is 17.5 Å². The van der Waals surface area contributed by atoms with Gasteiger partial charge in [-0.1, -0.05) is 18.2 Å². The Morgan fingerprint density at radius 1 is 1.25 bits per heavy atom. The molecule has 0 fully saturated rings. The van der Waals surface area contributed by atoms with E-state index < -0.39 is 0 Å². The van der Waals surface area contributed by atoms with Gasteiger partial charge in [0, 0.05) is 12.0 Å². The van der Waals surface area contributed by atoms with E-state index in [0.717, 1.165) is 19.6 Å². The standard InChI is InChI=1S/C13H19N2.ClH/c1-14(2)9-10-15-8-7-12-5-3-4-6-13(12)11-15;/h3-6,11H,7-10H2,1-2H3;1H/q+1;/p-1. The van der Waals surface area contributed by atoms with Crippen LogP contribution in [0.2, 0.25) is 0 Å². The molecule has 0 saturated heterocycles. The first kappa shape index (κ1) is 13.2. The van der Waals surface area contributed by atoms with Crippen LogP contribution < -0.4 is 12.4 Å². The lowest BCUT2D eigenvalue weighted by molar-refractivity contribution is -0.523. The molecule has 2 nitrogen and oxygen atoms in total. The van der Waals surface area contributed by atoms with Crippen molar-refractivity contribution in [3.63, 3.8) is 0 Å². The summed E-state index contributed by atoms with van der Waals surface area (Å²) >= 11 is 0. The van der Waals surface area contributed by atoms with Gasteiger partial charge in [0.05, 0.1) is 6.54 Å². The number of fused-ring (bicyclic) bond motifs is 1. The first-order valence-corrected chi connectivity index (χ1v) is 5.57. The zero-order valence-electron chi connectivity index (χ0n) is 9.99. The third-order valence-corrected chi connectivity index (χ3v) is 2.88. The molecule has 0 N–H and O–H groups in total. The highest BCUT2D eigenvalue weighted by Crippen LogP contribution is 2.10. The van der Waals surface area contributed by atoms with Crippen LogP contribution in [0.25, 0.3) is 0 Å². The molecule has 1 aliphatic heterocycles. The van der Waals surface area contributed by atoms with Crippen molar-refractivity contribution in [1.29, 1.82) is 0 Å². The van der Waals surface area contributed by atoms with Gasteiger partial charge >= 0.3 is 0 Å². The molecule has 16 heavy (non-hydrogen) atoms. The molecule has 0 bridgehead atoms. The number of benzene rings is 1. The number of rotatable bonds is 3. The predicted molar refractivity (Wildman–Crippen MR) is 63.9 cm³/mol. The van der Waals surface area contributed by atoms with E-state index in [1.54, 1.807) is 0 Å². The maximum atomic E-state index is 2.42. The fraction of sp³-hybridized carbons (Fsp3) is 0.462. The summed E-state index contributed by atoms with van der Waals surface area (Å²) in [6, 6.07) is 8.68. The zero-order valence-corrected chi connectivity index (χ0v) is 10.7. The van der Waals surface area contributed by atoms with E-state index in [4.69, 9.17) is 0 Å². The minimum atomic E-state index is 0. The lowest BCUT2D eigenvalue weighted by Gasteiger charge is -2.14. The molecule has 1 heterocycles. The largest absolute Gasteiger partial charge is 1.00 e. The average molecular weight is 239 g/mol. The summed E-state index contributed by atoms with van der Waals surface area (Å²) in [4.78, 5) is 2.23. The molecule has 1 aromatic rings. The Morgan fingerprint density at radius 2 is 2.00 bits per heavy atom. The van der Waals surface area contributed by atoms with Gasteiger partial charge in [-0.05, 0) is 25.7 Å². The van der Waals surface area contributed by atoms with Crippen molar-refractivity contribution in [2.45, 2.75) is 6.42 Å². The van der Waals surface area contributed by atoms with E-state index in [1.807, 2.05) is 0 Å². The summed E-state index contributed by atoms with van der Waals surface area (Å²) < 4.78 is 2.42. The Labute approximate surface area is 104 Å². The maximum Gasteiger partial charge on any atom is 0.171 e. The van der Waals surface area contributed by atoms with E-state index in [-0.39, 0.29) is 12.4 Å². The Hall–Kier alpha value is -0.860. The van der Waals surface area contributed by atoms with Crippen LogP contribution in [-0.2, 0) is 6.42 Å². The Morgan fingerprint density at radius 3 is 2.75 bits per heavy atom. The van der Waals surface area contributed by atoms with Crippen molar-refractivity contribution < 1.29 is 17.0 Å². The number of hydrogen-bond donors (Lipinski definition) is 0. The molecule has 1 aromatic carbocycles. The summed E-state index contributed by atoms with van der Waals surface area (Å²) in [5.41, 5.74) is 2.88. The van der Waals surface area contributed by atoms with E-state index in [9.17, 15) is 0 Å². The molecule has 0 spiro atoms. The van der Waals surface area contributed by atoms with Crippen molar-refractivity contribution >= 4 is 6.21 Å². The topological polar surface area (TPSA) is 6.25 Å². The molecule has 1 aliphatic rings. The molecule has 0 aromatic heterocycles. The molecule has 0 amide bonds. The van der Waals surface area contributed by atoms with Gasteiger partial charge in [0.15, 0.2) is 12.8 Å². The third-order valence-electron chi connectivity index (χ3n) is 2.88.